The molecule has 8 heteroatoms. The van der Waals surface area contributed by atoms with Crippen molar-refractivity contribution in [2.75, 3.05) is 0 Å². The molecule has 3 rings (SSSR count). The summed E-state index contributed by atoms with van der Waals surface area (Å²) >= 11 is 0. The van der Waals surface area contributed by atoms with Crippen LogP contribution in [0.4, 0.5) is 0 Å². The number of carboxylic acid groups (broad SMARTS) is 1. The molecule has 0 unspecified atom stereocenters. The number of β-lactam (4-membered cyclic amide) rings is 1. The Morgan fingerprint density at radius 1 is 1.33 bits per heavy atom. The zero-order valence-electron chi connectivity index (χ0n) is 15.6. The molecule has 2 aliphatic rings. The number of carboxylic acids is 1. The SMILES string of the molecule is CC(C)=CC/C(=C1\C(=O)N2[C@@H](C(=O)O)C(C)(C)S(=O)(=O)[C@H]12)c1ccccn1. The van der Waals surface area contributed by atoms with Gasteiger partial charge in [-0.3, -0.25) is 9.78 Å². The predicted molar refractivity (Wildman–Crippen MR) is 100 cm³/mol. The maximum atomic E-state index is 13.1. The van der Waals surface area contributed by atoms with E-state index in [1.165, 1.54) is 13.8 Å². The molecule has 3 heterocycles. The summed E-state index contributed by atoms with van der Waals surface area (Å²) in [4.78, 5) is 29.9. The van der Waals surface area contributed by atoms with Gasteiger partial charge in [0.25, 0.3) is 5.91 Å². The Morgan fingerprint density at radius 2 is 2.00 bits per heavy atom. The van der Waals surface area contributed by atoms with Crippen LogP contribution in [-0.4, -0.2) is 51.4 Å². The van der Waals surface area contributed by atoms with Gasteiger partial charge in [0.15, 0.2) is 21.3 Å². The maximum absolute atomic E-state index is 13.1. The Kier molecular flexibility index (Phi) is 4.50. The first-order valence-electron chi connectivity index (χ1n) is 8.58. The molecule has 27 heavy (non-hydrogen) atoms. The van der Waals surface area contributed by atoms with Crippen LogP contribution in [0.15, 0.2) is 41.6 Å². The summed E-state index contributed by atoms with van der Waals surface area (Å²) < 4.78 is 24.6. The van der Waals surface area contributed by atoms with Crippen molar-refractivity contribution in [1.82, 2.24) is 9.88 Å². The van der Waals surface area contributed by atoms with Crippen LogP contribution in [0.2, 0.25) is 0 Å². The van der Waals surface area contributed by atoms with E-state index in [1.807, 2.05) is 19.9 Å². The molecule has 1 aromatic rings. The fourth-order valence-corrected chi connectivity index (χ4v) is 5.82. The predicted octanol–water partition coefficient (Wildman–Crippen LogP) is 2.02. The van der Waals surface area contributed by atoms with E-state index in [0.717, 1.165) is 10.5 Å². The number of sulfone groups is 1. The zero-order chi connectivity index (χ0) is 20.1. The summed E-state index contributed by atoms with van der Waals surface area (Å²) in [7, 11) is -3.92. The van der Waals surface area contributed by atoms with E-state index in [2.05, 4.69) is 4.98 Å². The average Bonchev–Trinajstić information content (AvgIpc) is 2.73. The molecule has 0 radical (unpaired) electrons. The summed E-state index contributed by atoms with van der Waals surface area (Å²) in [6, 6.07) is 3.81. The number of amides is 1. The van der Waals surface area contributed by atoms with Gasteiger partial charge in [0.05, 0.1) is 11.3 Å². The van der Waals surface area contributed by atoms with Crippen molar-refractivity contribution in [3.8, 4) is 0 Å². The maximum Gasteiger partial charge on any atom is 0.328 e. The van der Waals surface area contributed by atoms with Gasteiger partial charge in [-0.2, -0.15) is 0 Å². The van der Waals surface area contributed by atoms with E-state index in [9.17, 15) is 23.1 Å². The Morgan fingerprint density at radius 3 is 2.52 bits per heavy atom. The molecule has 1 amide bonds. The number of pyridine rings is 1. The van der Waals surface area contributed by atoms with Crippen molar-refractivity contribution in [2.24, 2.45) is 0 Å². The minimum absolute atomic E-state index is 0.128. The number of aliphatic carboxylic acids is 1. The Hall–Kier alpha value is -2.48. The third-order valence-electron chi connectivity index (χ3n) is 5.18. The third-order valence-corrected chi connectivity index (χ3v) is 7.92. The minimum atomic E-state index is -3.92. The standard InChI is InChI=1S/C19H22N2O5S/c1-11(2)8-9-12(13-7-5-6-10-20-13)14-16(22)21-15(18(23)24)19(3,4)27(25,26)17(14)21/h5-8,10,15,17H,9H2,1-4H3,(H,23,24)/b14-12-/t15-,17+/m0/s1. The molecule has 1 N–H and O–H groups in total. The van der Waals surface area contributed by atoms with Crippen LogP contribution in [0, 0.1) is 0 Å². The normalized spacial score (nSPS) is 26.8. The van der Waals surface area contributed by atoms with E-state index in [1.54, 1.807) is 24.4 Å². The van der Waals surface area contributed by atoms with Crippen LogP contribution in [0.5, 0.6) is 0 Å². The Balaban J connectivity index is 2.22. The number of allylic oxidation sites excluding steroid dienone is 3. The van der Waals surface area contributed by atoms with E-state index in [0.29, 0.717) is 17.7 Å². The van der Waals surface area contributed by atoms with Gasteiger partial charge < -0.3 is 10.0 Å². The molecule has 1 aromatic heterocycles. The largest absolute Gasteiger partial charge is 0.480 e. The summed E-state index contributed by atoms with van der Waals surface area (Å²) in [6.45, 7) is 6.54. The number of rotatable bonds is 4. The minimum Gasteiger partial charge on any atom is -0.480 e. The van der Waals surface area contributed by atoms with E-state index < -0.39 is 37.9 Å². The average molecular weight is 390 g/mol. The molecule has 0 aromatic carbocycles. The molecule has 0 spiro atoms. The number of carbonyl (C=O) groups is 2. The molecule has 7 nitrogen and oxygen atoms in total. The van der Waals surface area contributed by atoms with Gasteiger partial charge in [-0.05, 0) is 51.8 Å². The smallest absolute Gasteiger partial charge is 0.328 e. The second-order valence-corrected chi connectivity index (χ2v) is 10.1. The van der Waals surface area contributed by atoms with Crippen molar-refractivity contribution in [1.29, 1.82) is 0 Å². The number of aromatic nitrogens is 1. The summed E-state index contributed by atoms with van der Waals surface area (Å²) in [5.74, 6) is -1.87. The van der Waals surface area contributed by atoms with Crippen molar-refractivity contribution in [3.63, 3.8) is 0 Å². The molecule has 0 bridgehead atoms. The highest BCUT2D eigenvalue weighted by Gasteiger charge is 2.70. The van der Waals surface area contributed by atoms with Gasteiger partial charge in [-0.25, -0.2) is 13.2 Å². The number of hydrogen-bond acceptors (Lipinski definition) is 5. The topological polar surface area (TPSA) is 105 Å². The number of carbonyl (C=O) groups excluding carboxylic acids is 1. The quantitative estimate of drug-likeness (QED) is 0.479. The summed E-state index contributed by atoms with van der Waals surface area (Å²) in [5.41, 5.74) is 2.19. The highest BCUT2D eigenvalue weighted by molar-refractivity contribution is 7.94. The first kappa shape index (κ1) is 19.3. The van der Waals surface area contributed by atoms with Gasteiger partial charge in [-0.1, -0.05) is 17.7 Å². The Labute approximate surface area is 158 Å². The van der Waals surface area contributed by atoms with Gasteiger partial charge in [0, 0.05) is 6.20 Å². The molecular weight excluding hydrogens is 368 g/mol. The fraction of sp³-hybridized carbons (Fsp3) is 0.421. The van der Waals surface area contributed by atoms with Gasteiger partial charge in [0.1, 0.15) is 4.75 Å². The van der Waals surface area contributed by atoms with Crippen LogP contribution in [-0.2, 0) is 19.4 Å². The number of hydrogen-bond donors (Lipinski definition) is 1. The lowest BCUT2D eigenvalue weighted by molar-refractivity contribution is -0.152. The number of nitrogens with zero attached hydrogens (tertiary/aromatic N) is 2. The van der Waals surface area contributed by atoms with Crippen molar-refractivity contribution < 1.29 is 23.1 Å². The first-order valence-corrected chi connectivity index (χ1v) is 10.1. The molecule has 0 saturated carbocycles. The molecular formula is C19H22N2O5S. The molecule has 2 fully saturated rings. The molecule has 0 aliphatic carbocycles. The third kappa shape index (κ3) is 2.70. The van der Waals surface area contributed by atoms with Crippen LogP contribution in [0.3, 0.4) is 0 Å². The molecule has 2 saturated heterocycles. The summed E-state index contributed by atoms with van der Waals surface area (Å²) in [6.07, 6.45) is 3.82. The van der Waals surface area contributed by atoms with Crippen molar-refractivity contribution >= 4 is 27.3 Å². The monoisotopic (exact) mass is 390 g/mol. The second kappa shape index (κ2) is 6.30. The molecule has 144 valence electrons. The second-order valence-electron chi connectivity index (χ2n) is 7.55. The summed E-state index contributed by atoms with van der Waals surface area (Å²) in [5, 5.41) is 8.30. The van der Waals surface area contributed by atoms with Crippen molar-refractivity contribution in [3.05, 3.63) is 47.3 Å². The van der Waals surface area contributed by atoms with Crippen LogP contribution >= 0.6 is 0 Å². The first-order chi connectivity index (χ1) is 12.5. The van der Waals surface area contributed by atoms with Crippen molar-refractivity contribution in [2.45, 2.75) is 50.3 Å². The van der Waals surface area contributed by atoms with E-state index >= 15 is 0 Å². The fourth-order valence-electron chi connectivity index (χ4n) is 3.65. The van der Waals surface area contributed by atoms with Crippen LogP contribution in [0.25, 0.3) is 5.57 Å². The lowest BCUT2D eigenvalue weighted by atomic mass is 9.90. The lowest BCUT2D eigenvalue weighted by Crippen LogP contribution is -2.59. The van der Waals surface area contributed by atoms with E-state index in [-0.39, 0.29) is 5.57 Å². The molecule has 2 aliphatic heterocycles. The van der Waals surface area contributed by atoms with E-state index in [4.69, 9.17) is 0 Å². The zero-order valence-corrected chi connectivity index (χ0v) is 16.4. The van der Waals surface area contributed by atoms with Gasteiger partial charge in [-0.15, -0.1) is 0 Å². The molecule has 2 atom stereocenters. The van der Waals surface area contributed by atoms with Gasteiger partial charge in [0.2, 0.25) is 0 Å². The van der Waals surface area contributed by atoms with Crippen LogP contribution < -0.4 is 0 Å². The number of fused-ring (bicyclic) bond motifs is 1. The Bertz CT molecular complexity index is 973. The lowest BCUT2D eigenvalue weighted by Gasteiger charge is -2.39. The van der Waals surface area contributed by atoms with Crippen LogP contribution in [0.1, 0.15) is 39.8 Å². The highest BCUT2D eigenvalue weighted by Crippen LogP contribution is 2.50. The highest BCUT2D eigenvalue weighted by atomic mass is 32.2. The van der Waals surface area contributed by atoms with Gasteiger partial charge >= 0.3 is 5.97 Å².